The van der Waals surface area contributed by atoms with Crippen LogP contribution in [0.5, 0.6) is 0 Å². The number of alkyl halides is 3. The third-order valence-electron chi connectivity index (χ3n) is 2.69. The average molecular weight is 287 g/mol. The molecule has 0 bridgehead atoms. The third-order valence-corrected chi connectivity index (χ3v) is 2.69. The van der Waals surface area contributed by atoms with E-state index >= 15 is 0 Å². The van der Waals surface area contributed by atoms with E-state index in [4.69, 9.17) is 5.73 Å². The molecular weight excluding hydrogens is 275 g/mol. The summed E-state index contributed by atoms with van der Waals surface area (Å²) in [5.41, 5.74) is 6.88. The Kier molecular flexibility index (Phi) is 3.51. The molecule has 6 nitrogen and oxygen atoms in total. The van der Waals surface area contributed by atoms with Crippen LogP contribution in [-0.4, -0.2) is 26.0 Å². The number of halogens is 3. The molecule has 2 aromatic rings. The van der Waals surface area contributed by atoms with E-state index < -0.39 is 18.4 Å². The van der Waals surface area contributed by atoms with E-state index in [0.29, 0.717) is 11.3 Å². The topological polar surface area (TPSA) is 78.7 Å². The Morgan fingerprint density at radius 3 is 2.50 bits per heavy atom. The Morgan fingerprint density at radius 2 is 1.90 bits per heavy atom. The molecule has 0 radical (unpaired) electrons. The lowest BCUT2D eigenvalue weighted by atomic mass is 10.1. The summed E-state index contributed by atoms with van der Waals surface area (Å²) in [5, 5.41) is 6.64. The molecule has 1 aromatic heterocycles. The summed E-state index contributed by atoms with van der Waals surface area (Å²) in [5.74, 6) is 0. The predicted molar refractivity (Wildman–Crippen MR) is 65.0 cm³/mol. The van der Waals surface area contributed by atoms with Gasteiger partial charge in [-0.2, -0.15) is 22.5 Å². The molecule has 0 unspecified atom stereocenters. The van der Waals surface area contributed by atoms with E-state index in [2.05, 4.69) is 10.4 Å². The SMILES string of the molecule is Cc1cc(Cn2nnn(CC(F)(F)F)c2=O)ccc1N. The van der Waals surface area contributed by atoms with Gasteiger partial charge in [-0.25, -0.2) is 4.79 Å². The van der Waals surface area contributed by atoms with Crippen LogP contribution in [0.2, 0.25) is 0 Å². The minimum atomic E-state index is -4.51. The second kappa shape index (κ2) is 4.99. The molecule has 1 heterocycles. The summed E-state index contributed by atoms with van der Waals surface area (Å²) >= 11 is 0. The summed E-state index contributed by atoms with van der Waals surface area (Å²) in [7, 11) is 0. The molecule has 0 aliphatic carbocycles. The average Bonchev–Trinajstić information content (AvgIpc) is 2.65. The summed E-state index contributed by atoms with van der Waals surface area (Å²) in [6.45, 7) is 0.381. The lowest BCUT2D eigenvalue weighted by Gasteiger charge is -2.04. The molecule has 20 heavy (non-hydrogen) atoms. The first-order chi connectivity index (χ1) is 9.26. The van der Waals surface area contributed by atoms with Gasteiger partial charge in [-0.1, -0.05) is 12.1 Å². The molecule has 0 amide bonds. The van der Waals surface area contributed by atoms with Crippen molar-refractivity contribution in [2.75, 3.05) is 5.73 Å². The van der Waals surface area contributed by atoms with Gasteiger partial charge in [0.25, 0.3) is 0 Å². The summed E-state index contributed by atoms with van der Waals surface area (Å²) in [6.07, 6.45) is -4.51. The number of hydrogen-bond acceptors (Lipinski definition) is 4. The summed E-state index contributed by atoms with van der Waals surface area (Å²) in [6, 6.07) is 5.08. The van der Waals surface area contributed by atoms with Gasteiger partial charge in [0.2, 0.25) is 0 Å². The maximum Gasteiger partial charge on any atom is 0.408 e. The van der Waals surface area contributed by atoms with E-state index in [1.807, 2.05) is 0 Å². The maximum absolute atomic E-state index is 12.2. The second-order valence-corrected chi connectivity index (χ2v) is 4.38. The predicted octanol–water partition coefficient (Wildman–Crippen LogP) is 0.941. The highest BCUT2D eigenvalue weighted by atomic mass is 19.4. The Morgan fingerprint density at radius 1 is 1.25 bits per heavy atom. The van der Waals surface area contributed by atoms with Crippen LogP contribution in [0.15, 0.2) is 23.0 Å². The molecule has 1 aromatic carbocycles. The van der Waals surface area contributed by atoms with Crippen molar-refractivity contribution < 1.29 is 13.2 Å². The van der Waals surface area contributed by atoms with E-state index in [0.717, 1.165) is 10.2 Å². The molecule has 0 aliphatic heterocycles. The zero-order chi connectivity index (χ0) is 14.9. The van der Waals surface area contributed by atoms with Crippen molar-refractivity contribution in [1.82, 2.24) is 19.8 Å². The number of nitrogen functional groups attached to an aromatic ring is 1. The van der Waals surface area contributed by atoms with Gasteiger partial charge in [0.15, 0.2) is 0 Å². The quantitative estimate of drug-likeness (QED) is 0.852. The van der Waals surface area contributed by atoms with Gasteiger partial charge in [-0.15, -0.1) is 0 Å². The second-order valence-electron chi connectivity index (χ2n) is 4.38. The van der Waals surface area contributed by atoms with Gasteiger partial charge in [0, 0.05) is 5.69 Å². The van der Waals surface area contributed by atoms with Gasteiger partial charge in [-0.05, 0) is 34.5 Å². The summed E-state index contributed by atoms with van der Waals surface area (Å²) < 4.78 is 37.8. The Labute approximate surface area is 111 Å². The molecule has 0 spiro atoms. The van der Waals surface area contributed by atoms with E-state index in [-0.39, 0.29) is 11.2 Å². The number of nitrogens with zero attached hydrogens (tertiary/aromatic N) is 4. The summed E-state index contributed by atoms with van der Waals surface area (Å²) in [4.78, 5) is 11.7. The number of aryl methyl sites for hydroxylation is 1. The lowest BCUT2D eigenvalue weighted by Crippen LogP contribution is -2.31. The Hall–Kier alpha value is -2.32. The first-order valence-corrected chi connectivity index (χ1v) is 5.68. The molecule has 0 aliphatic rings. The van der Waals surface area contributed by atoms with Gasteiger partial charge in [0.1, 0.15) is 6.54 Å². The molecule has 0 saturated heterocycles. The van der Waals surface area contributed by atoms with Crippen LogP contribution in [0.3, 0.4) is 0 Å². The van der Waals surface area contributed by atoms with Crippen LogP contribution in [0.1, 0.15) is 11.1 Å². The standard InChI is InChI=1S/C11H12F3N5O/c1-7-4-8(2-3-9(7)15)5-18-10(20)19(17-16-18)6-11(12,13)14/h2-4H,5-6,15H2,1H3. The van der Waals surface area contributed by atoms with Crippen molar-refractivity contribution in [3.8, 4) is 0 Å². The fourth-order valence-electron chi connectivity index (χ4n) is 1.68. The van der Waals surface area contributed by atoms with Gasteiger partial charge < -0.3 is 5.73 Å². The smallest absolute Gasteiger partial charge is 0.399 e. The normalized spacial score (nSPS) is 11.8. The van der Waals surface area contributed by atoms with E-state index in [1.165, 1.54) is 0 Å². The van der Waals surface area contributed by atoms with Crippen molar-refractivity contribution in [2.24, 2.45) is 0 Å². The van der Waals surface area contributed by atoms with Crippen LogP contribution in [-0.2, 0) is 13.1 Å². The number of nitrogens with two attached hydrogens (primary N) is 1. The van der Waals surface area contributed by atoms with Crippen LogP contribution in [0.4, 0.5) is 18.9 Å². The van der Waals surface area contributed by atoms with Crippen LogP contribution >= 0.6 is 0 Å². The first kappa shape index (κ1) is 14.1. The fraction of sp³-hybridized carbons (Fsp3) is 0.364. The molecule has 0 fully saturated rings. The van der Waals surface area contributed by atoms with Crippen molar-refractivity contribution >= 4 is 5.69 Å². The lowest BCUT2D eigenvalue weighted by molar-refractivity contribution is -0.143. The zero-order valence-electron chi connectivity index (χ0n) is 10.6. The minimum absolute atomic E-state index is 0.0395. The fourth-order valence-corrected chi connectivity index (χ4v) is 1.68. The first-order valence-electron chi connectivity index (χ1n) is 5.68. The monoisotopic (exact) mass is 287 g/mol. The zero-order valence-corrected chi connectivity index (χ0v) is 10.6. The molecule has 2 N–H and O–H groups in total. The minimum Gasteiger partial charge on any atom is -0.399 e. The van der Waals surface area contributed by atoms with Crippen LogP contribution in [0.25, 0.3) is 0 Å². The molecule has 9 heteroatoms. The molecule has 2 rings (SSSR count). The van der Waals surface area contributed by atoms with E-state index in [9.17, 15) is 18.0 Å². The Bertz CT molecular complexity index is 673. The third kappa shape index (κ3) is 3.16. The van der Waals surface area contributed by atoms with Crippen molar-refractivity contribution in [2.45, 2.75) is 26.2 Å². The number of anilines is 1. The number of hydrogen-bond donors (Lipinski definition) is 1. The highest BCUT2D eigenvalue weighted by Gasteiger charge is 2.30. The highest BCUT2D eigenvalue weighted by molar-refractivity contribution is 5.47. The van der Waals surface area contributed by atoms with Crippen LogP contribution < -0.4 is 11.4 Å². The molecule has 0 saturated carbocycles. The highest BCUT2D eigenvalue weighted by Crippen LogP contribution is 2.15. The van der Waals surface area contributed by atoms with Gasteiger partial charge in [0.05, 0.1) is 6.54 Å². The number of benzene rings is 1. The number of tetrazole rings is 1. The molecule has 0 atom stereocenters. The van der Waals surface area contributed by atoms with Crippen LogP contribution in [0, 0.1) is 6.92 Å². The van der Waals surface area contributed by atoms with Gasteiger partial charge in [-0.3, -0.25) is 0 Å². The number of aromatic nitrogens is 4. The van der Waals surface area contributed by atoms with Crippen molar-refractivity contribution in [3.63, 3.8) is 0 Å². The molecular formula is C11H12F3N5O. The number of rotatable bonds is 3. The molecule has 108 valence electrons. The van der Waals surface area contributed by atoms with Gasteiger partial charge >= 0.3 is 11.9 Å². The van der Waals surface area contributed by atoms with Crippen molar-refractivity contribution in [3.05, 3.63) is 39.8 Å². The van der Waals surface area contributed by atoms with Crippen molar-refractivity contribution in [1.29, 1.82) is 0 Å². The largest absolute Gasteiger partial charge is 0.408 e. The van der Waals surface area contributed by atoms with E-state index in [1.54, 1.807) is 25.1 Å². The Balaban J connectivity index is 2.22. The maximum atomic E-state index is 12.2.